The molecule has 3 rings (SSSR count). The van der Waals surface area contributed by atoms with Crippen LogP contribution in [0.5, 0.6) is 5.88 Å². The van der Waals surface area contributed by atoms with Crippen LogP contribution in [0.3, 0.4) is 0 Å². The molecule has 2 heterocycles. The first kappa shape index (κ1) is 22.6. The van der Waals surface area contributed by atoms with E-state index in [1.807, 2.05) is 13.8 Å². The number of aliphatic carboxylic acids is 1. The van der Waals surface area contributed by atoms with E-state index in [0.717, 1.165) is 17.5 Å². The Bertz CT molecular complexity index is 943. The topological polar surface area (TPSA) is 116 Å². The SMILES string of the molecule is CC(C)C(C(=O)O)n1cc(-c2ccnc(OC3(NC(=O)OC(C)(C)C)CCC3)c2)cn1. The molecule has 0 radical (unpaired) electrons. The molecule has 9 nitrogen and oxygen atoms in total. The van der Waals surface area contributed by atoms with E-state index in [9.17, 15) is 14.7 Å². The second-order valence-electron chi connectivity index (χ2n) is 9.20. The number of carbonyl (C=O) groups is 2. The molecule has 2 aromatic rings. The second-order valence-corrected chi connectivity index (χ2v) is 9.20. The molecule has 9 heteroatoms. The average Bonchev–Trinajstić information content (AvgIpc) is 3.07. The van der Waals surface area contributed by atoms with Gasteiger partial charge < -0.3 is 14.6 Å². The van der Waals surface area contributed by atoms with Crippen molar-refractivity contribution in [2.24, 2.45) is 5.92 Å². The lowest BCUT2D eigenvalue weighted by Crippen LogP contribution is -2.58. The number of amides is 1. The van der Waals surface area contributed by atoms with E-state index in [1.54, 1.807) is 51.5 Å². The minimum Gasteiger partial charge on any atom is -0.480 e. The van der Waals surface area contributed by atoms with Crippen LogP contribution in [-0.4, -0.2) is 43.3 Å². The molecule has 1 amide bonds. The molecule has 31 heavy (non-hydrogen) atoms. The lowest BCUT2D eigenvalue weighted by molar-refractivity contribution is -0.142. The van der Waals surface area contributed by atoms with Gasteiger partial charge in [-0.15, -0.1) is 0 Å². The number of hydrogen-bond donors (Lipinski definition) is 2. The molecule has 1 aliphatic rings. The number of alkyl carbamates (subject to hydrolysis) is 1. The highest BCUT2D eigenvalue weighted by atomic mass is 16.6. The monoisotopic (exact) mass is 430 g/mol. The van der Waals surface area contributed by atoms with Crippen LogP contribution in [0.4, 0.5) is 4.79 Å². The summed E-state index contributed by atoms with van der Waals surface area (Å²) in [5, 5.41) is 16.6. The molecule has 168 valence electrons. The van der Waals surface area contributed by atoms with Gasteiger partial charge in [0.2, 0.25) is 5.88 Å². The van der Waals surface area contributed by atoms with Crippen molar-refractivity contribution in [2.45, 2.75) is 71.2 Å². The molecule has 2 aromatic heterocycles. The van der Waals surface area contributed by atoms with Gasteiger partial charge in [-0.25, -0.2) is 14.6 Å². The number of hydrogen-bond acceptors (Lipinski definition) is 6. The van der Waals surface area contributed by atoms with Gasteiger partial charge in [-0.05, 0) is 44.7 Å². The number of nitrogens with one attached hydrogen (secondary N) is 1. The first-order chi connectivity index (χ1) is 14.5. The van der Waals surface area contributed by atoms with Crippen molar-refractivity contribution < 1.29 is 24.2 Å². The highest BCUT2D eigenvalue weighted by Gasteiger charge is 2.42. The first-order valence-corrected chi connectivity index (χ1v) is 10.4. The lowest BCUT2D eigenvalue weighted by Gasteiger charge is -2.41. The van der Waals surface area contributed by atoms with Crippen LogP contribution in [-0.2, 0) is 9.53 Å². The number of ether oxygens (including phenoxy) is 2. The molecule has 1 unspecified atom stereocenters. The second kappa shape index (κ2) is 8.56. The molecule has 0 saturated heterocycles. The van der Waals surface area contributed by atoms with Gasteiger partial charge in [-0.2, -0.15) is 5.10 Å². The van der Waals surface area contributed by atoms with E-state index < -0.39 is 29.4 Å². The molecule has 0 aliphatic heterocycles. The highest BCUT2D eigenvalue weighted by Crippen LogP contribution is 2.35. The molecular weight excluding hydrogens is 400 g/mol. The third-order valence-corrected chi connectivity index (χ3v) is 5.03. The Morgan fingerprint density at radius 3 is 2.52 bits per heavy atom. The number of pyridine rings is 1. The summed E-state index contributed by atoms with van der Waals surface area (Å²) in [5.41, 5.74) is 0.0965. The fourth-order valence-electron chi connectivity index (χ4n) is 3.43. The lowest BCUT2D eigenvalue weighted by atomic mass is 9.88. The summed E-state index contributed by atoms with van der Waals surface area (Å²) in [6.45, 7) is 9.10. The van der Waals surface area contributed by atoms with E-state index in [0.29, 0.717) is 18.7 Å². The van der Waals surface area contributed by atoms with Crippen LogP contribution in [0.2, 0.25) is 0 Å². The number of nitrogens with zero attached hydrogens (tertiary/aromatic N) is 3. The summed E-state index contributed by atoms with van der Waals surface area (Å²) in [5.74, 6) is -0.679. The molecule has 1 atom stereocenters. The van der Waals surface area contributed by atoms with Gasteiger partial charge in [-0.3, -0.25) is 10.00 Å². The van der Waals surface area contributed by atoms with E-state index >= 15 is 0 Å². The Balaban J connectivity index is 1.76. The van der Waals surface area contributed by atoms with Gasteiger partial charge in [0.15, 0.2) is 11.8 Å². The van der Waals surface area contributed by atoms with Crippen molar-refractivity contribution in [1.82, 2.24) is 20.1 Å². The standard InChI is InChI=1S/C22H30N4O5/c1-14(2)18(19(27)28)26-13-16(12-24-26)15-7-10-23-17(11-15)30-22(8-6-9-22)25-20(29)31-21(3,4)5/h7,10-14,18H,6,8-9H2,1-5H3,(H,25,29)(H,27,28). The molecule has 1 fully saturated rings. The molecule has 1 aliphatic carbocycles. The molecule has 1 saturated carbocycles. The third-order valence-electron chi connectivity index (χ3n) is 5.03. The van der Waals surface area contributed by atoms with Crippen molar-refractivity contribution in [2.75, 3.05) is 0 Å². The van der Waals surface area contributed by atoms with Crippen LogP contribution in [0.1, 0.15) is 59.9 Å². The zero-order valence-corrected chi connectivity index (χ0v) is 18.6. The van der Waals surface area contributed by atoms with Gasteiger partial charge in [0, 0.05) is 36.9 Å². The fraction of sp³-hybridized carbons (Fsp3) is 0.545. The van der Waals surface area contributed by atoms with Crippen molar-refractivity contribution in [3.05, 3.63) is 30.7 Å². The van der Waals surface area contributed by atoms with Gasteiger partial charge in [0.1, 0.15) is 5.60 Å². The van der Waals surface area contributed by atoms with Crippen LogP contribution >= 0.6 is 0 Å². The largest absolute Gasteiger partial charge is 0.480 e. The van der Waals surface area contributed by atoms with E-state index in [4.69, 9.17) is 9.47 Å². The van der Waals surface area contributed by atoms with Crippen LogP contribution < -0.4 is 10.1 Å². The molecule has 0 aromatic carbocycles. The molecular formula is C22H30N4O5. The molecule has 0 bridgehead atoms. The summed E-state index contributed by atoms with van der Waals surface area (Å²) in [4.78, 5) is 28.1. The Labute approximate surface area is 181 Å². The Hall–Kier alpha value is -3.10. The number of carboxylic acids is 1. The van der Waals surface area contributed by atoms with E-state index in [1.165, 1.54) is 4.68 Å². The zero-order chi connectivity index (χ0) is 22.8. The average molecular weight is 431 g/mol. The summed E-state index contributed by atoms with van der Waals surface area (Å²) in [6, 6.07) is 2.81. The smallest absolute Gasteiger partial charge is 0.410 e. The van der Waals surface area contributed by atoms with Gasteiger partial charge in [-0.1, -0.05) is 13.8 Å². The quantitative estimate of drug-likeness (QED) is 0.638. The Morgan fingerprint density at radius 2 is 1.97 bits per heavy atom. The van der Waals surface area contributed by atoms with Crippen LogP contribution in [0, 0.1) is 5.92 Å². The number of rotatable bonds is 7. The van der Waals surface area contributed by atoms with E-state index in [2.05, 4.69) is 15.4 Å². The first-order valence-electron chi connectivity index (χ1n) is 10.4. The van der Waals surface area contributed by atoms with Gasteiger partial charge >= 0.3 is 12.1 Å². The molecule has 2 N–H and O–H groups in total. The minimum atomic E-state index is -0.927. The third kappa shape index (κ3) is 5.53. The maximum Gasteiger partial charge on any atom is 0.410 e. The zero-order valence-electron chi connectivity index (χ0n) is 18.6. The summed E-state index contributed by atoms with van der Waals surface area (Å²) >= 11 is 0. The highest BCUT2D eigenvalue weighted by molar-refractivity contribution is 5.72. The normalized spacial score (nSPS) is 16.3. The number of carboxylic acid groups (broad SMARTS) is 1. The van der Waals surface area contributed by atoms with Crippen LogP contribution in [0.25, 0.3) is 11.1 Å². The maximum atomic E-state index is 12.2. The minimum absolute atomic E-state index is 0.112. The molecule has 0 spiro atoms. The van der Waals surface area contributed by atoms with Crippen LogP contribution in [0.15, 0.2) is 30.7 Å². The number of carbonyl (C=O) groups excluding carboxylic acids is 1. The van der Waals surface area contributed by atoms with Crippen molar-refractivity contribution in [1.29, 1.82) is 0 Å². The summed E-state index contributed by atoms with van der Waals surface area (Å²) in [6.07, 6.45) is 6.64. The van der Waals surface area contributed by atoms with E-state index in [-0.39, 0.29) is 5.92 Å². The Kier molecular flexibility index (Phi) is 6.24. The van der Waals surface area contributed by atoms with Gasteiger partial charge in [0.05, 0.1) is 6.20 Å². The number of aromatic nitrogens is 3. The van der Waals surface area contributed by atoms with Crippen molar-refractivity contribution in [3.8, 4) is 17.0 Å². The fourth-order valence-corrected chi connectivity index (χ4v) is 3.43. The predicted octanol–water partition coefficient (Wildman–Crippen LogP) is 4.01. The summed E-state index contributed by atoms with van der Waals surface area (Å²) in [7, 11) is 0. The maximum absolute atomic E-state index is 12.2. The van der Waals surface area contributed by atoms with Gasteiger partial charge in [0.25, 0.3) is 0 Å². The van der Waals surface area contributed by atoms with Crippen molar-refractivity contribution >= 4 is 12.1 Å². The van der Waals surface area contributed by atoms with Crippen molar-refractivity contribution in [3.63, 3.8) is 0 Å². The predicted molar refractivity (Wildman–Crippen MR) is 114 cm³/mol. The Morgan fingerprint density at radius 1 is 1.26 bits per heavy atom. The summed E-state index contributed by atoms with van der Waals surface area (Å²) < 4.78 is 12.9.